The molecule has 0 saturated heterocycles. The van der Waals surface area contributed by atoms with E-state index in [0.29, 0.717) is 0 Å². The molecule has 0 unspecified atom stereocenters. The molecular weight excluding hydrogens is 536 g/mol. The topological polar surface area (TPSA) is 89.5 Å². The monoisotopic (exact) mass is 602 g/mol. The van der Waals surface area contributed by atoms with Crippen LogP contribution in [-0.2, 0) is 29.3 Å². The SMILES string of the molecule is CCCCCCCCCCCCCCCCOC(=O)OOOOC(=O)OCCCCCCCCCCCCCCCC. The van der Waals surface area contributed by atoms with Gasteiger partial charge in [0.15, 0.2) is 0 Å². The van der Waals surface area contributed by atoms with Crippen molar-refractivity contribution in [2.45, 2.75) is 194 Å². The van der Waals surface area contributed by atoms with Crippen LogP contribution in [0.3, 0.4) is 0 Å². The summed E-state index contributed by atoms with van der Waals surface area (Å²) in [5.41, 5.74) is 0. The van der Waals surface area contributed by atoms with Gasteiger partial charge < -0.3 is 9.47 Å². The van der Waals surface area contributed by atoms with Gasteiger partial charge in [0.1, 0.15) is 0 Å². The number of unbranched alkanes of at least 4 members (excludes halogenated alkanes) is 26. The number of carbonyl (C=O) groups is 2. The molecule has 42 heavy (non-hydrogen) atoms. The molecule has 8 heteroatoms. The fourth-order valence-electron chi connectivity index (χ4n) is 5.04. The molecule has 0 aromatic heterocycles. The predicted molar refractivity (Wildman–Crippen MR) is 168 cm³/mol. The first-order valence-electron chi connectivity index (χ1n) is 17.7. The first kappa shape index (κ1) is 40.5. The average Bonchev–Trinajstić information content (AvgIpc) is 2.99. The van der Waals surface area contributed by atoms with Crippen LogP contribution in [0.25, 0.3) is 0 Å². The molecule has 0 bridgehead atoms. The lowest BCUT2D eigenvalue weighted by Crippen LogP contribution is -2.13. The van der Waals surface area contributed by atoms with Gasteiger partial charge in [-0.15, -0.1) is 0 Å². The second-order valence-corrected chi connectivity index (χ2v) is 11.7. The Balaban J connectivity index is 3.26. The Bertz CT molecular complexity index is 510. The molecular formula is C34H66O8. The molecule has 250 valence electrons. The maximum absolute atomic E-state index is 11.4. The van der Waals surface area contributed by atoms with E-state index in [1.165, 1.54) is 141 Å². The Hall–Kier alpha value is -1.54. The fourth-order valence-corrected chi connectivity index (χ4v) is 5.04. The minimum atomic E-state index is -1.05. The number of ether oxygens (including phenoxy) is 2. The molecule has 0 aliphatic heterocycles. The third-order valence-electron chi connectivity index (χ3n) is 7.67. The molecule has 0 amide bonds. The second kappa shape index (κ2) is 35.7. The van der Waals surface area contributed by atoms with Crippen LogP contribution < -0.4 is 0 Å². The molecule has 0 fully saturated rings. The maximum atomic E-state index is 11.4. The predicted octanol–water partition coefficient (Wildman–Crippen LogP) is 12.0. The van der Waals surface area contributed by atoms with E-state index in [2.05, 4.69) is 33.7 Å². The standard InChI is InChI=1S/C34H66O8/c1-3-5-7-9-11-13-15-17-19-21-23-25-27-29-31-37-33(35)39-41-42-40-34(36)38-32-30-28-26-24-22-20-18-16-14-12-10-8-6-4-2/h3-32H2,1-2H3. The lowest BCUT2D eigenvalue weighted by molar-refractivity contribution is -0.601. The van der Waals surface area contributed by atoms with E-state index in [1.54, 1.807) is 0 Å². The van der Waals surface area contributed by atoms with Crippen molar-refractivity contribution in [2.75, 3.05) is 13.2 Å². The molecule has 0 aromatic rings. The van der Waals surface area contributed by atoms with Crippen molar-refractivity contribution in [3.63, 3.8) is 0 Å². The normalized spacial score (nSPS) is 11.0. The van der Waals surface area contributed by atoms with Crippen LogP contribution >= 0.6 is 0 Å². The number of hydrogen-bond donors (Lipinski definition) is 0. The zero-order valence-corrected chi connectivity index (χ0v) is 27.5. The summed E-state index contributed by atoms with van der Waals surface area (Å²) in [7, 11) is 0. The zero-order chi connectivity index (χ0) is 30.6. The lowest BCUT2D eigenvalue weighted by Gasteiger charge is -2.05. The highest BCUT2D eigenvalue weighted by Crippen LogP contribution is 2.14. The fraction of sp³-hybridized carbons (Fsp3) is 0.941. The van der Waals surface area contributed by atoms with E-state index >= 15 is 0 Å². The van der Waals surface area contributed by atoms with Gasteiger partial charge in [-0.1, -0.05) is 181 Å². The summed E-state index contributed by atoms with van der Waals surface area (Å²) in [4.78, 5) is 31.3. The smallest absolute Gasteiger partial charge is 0.432 e. The Kier molecular flexibility index (Phi) is 34.3. The number of carbonyl (C=O) groups excluding carboxylic acids is 2. The van der Waals surface area contributed by atoms with Crippen molar-refractivity contribution >= 4 is 12.3 Å². The van der Waals surface area contributed by atoms with Gasteiger partial charge in [0.05, 0.1) is 13.2 Å². The van der Waals surface area contributed by atoms with Crippen molar-refractivity contribution in [1.82, 2.24) is 0 Å². The molecule has 0 heterocycles. The summed E-state index contributed by atoms with van der Waals surface area (Å²) in [6.07, 6.45) is 33.1. The molecule has 0 rings (SSSR count). The summed E-state index contributed by atoms with van der Waals surface area (Å²) in [5, 5.41) is 8.14. The second-order valence-electron chi connectivity index (χ2n) is 11.7. The summed E-state index contributed by atoms with van der Waals surface area (Å²) >= 11 is 0. The van der Waals surface area contributed by atoms with Crippen molar-refractivity contribution in [2.24, 2.45) is 0 Å². The molecule has 0 spiro atoms. The van der Waals surface area contributed by atoms with E-state index in [9.17, 15) is 9.59 Å². The summed E-state index contributed by atoms with van der Waals surface area (Å²) in [6.45, 7) is 4.99. The van der Waals surface area contributed by atoms with Crippen LogP contribution in [0.5, 0.6) is 0 Å². The average molecular weight is 603 g/mol. The van der Waals surface area contributed by atoms with Gasteiger partial charge in [-0.3, -0.25) is 0 Å². The highest BCUT2D eigenvalue weighted by molar-refractivity contribution is 5.59. The van der Waals surface area contributed by atoms with Gasteiger partial charge in [-0.05, 0) is 12.8 Å². The molecule has 0 N–H and O–H groups in total. The van der Waals surface area contributed by atoms with Crippen molar-refractivity contribution in [3.8, 4) is 0 Å². The van der Waals surface area contributed by atoms with Gasteiger partial charge in [0, 0.05) is 10.1 Å². The number of hydrogen-bond acceptors (Lipinski definition) is 8. The van der Waals surface area contributed by atoms with Crippen LogP contribution in [0.15, 0.2) is 0 Å². The summed E-state index contributed by atoms with van der Waals surface area (Å²) in [6, 6.07) is 0. The third kappa shape index (κ3) is 34.7. The zero-order valence-electron chi connectivity index (χ0n) is 27.5. The molecule has 0 aromatic carbocycles. The third-order valence-corrected chi connectivity index (χ3v) is 7.67. The van der Waals surface area contributed by atoms with Gasteiger partial charge in [-0.2, -0.15) is 0 Å². The van der Waals surface area contributed by atoms with Crippen molar-refractivity contribution in [3.05, 3.63) is 0 Å². The van der Waals surface area contributed by atoms with Gasteiger partial charge in [-0.25, -0.2) is 19.4 Å². The van der Waals surface area contributed by atoms with E-state index in [4.69, 9.17) is 9.47 Å². The van der Waals surface area contributed by atoms with E-state index in [-0.39, 0.29) is 13.2 Å². The molecule has 0 aliphatic rings. The first-order valence-corrected chi connectivity index (χ1v) is 17.7. The Morgan fingerprint density at radius 2 is 0.548 bits per heavy atom. The highest BCUT2D eigenvalue weighted by Gasteiger charge is 2.10. The summed E-state index contributed by atoms with van der Waals surface area (Å²) < 4.78 is 9.76. The largest absolute Gasteiger partial charge is 0.542 e. The minimum absolute atomic E-state index is 0.238. The molecule has 8 nitrogen and oxygen atoms in total. The number of rotatable bonds is 33. The summed E-state index contributed by atoms with van der Waals surface area (Å²) in [5.74, 6) is 0. The van der Waals surface area contributed by atoms with Crippen LogP contribution in [0, 0.1) is 0 Å². The lowest BCUT2D eigenvalue weighted by atomic mass is 10.0. The quantitative estimate of drug-likeness (QED) is 0.0317. The molecule has 0 radical (unpaired) electrons. The van der Waals surface area contributed by atoms with Gasteiger partial charge in [0.2, 0.25) is 0 Å². The first-order chi connectivity index (χ1) is 20.7. The van der Waals surface area contributed by atoms with Crippen LogP contribution in [0.2, 0.25) is 0 Å². The highest BCUT2D eigenvalue weighted by atomic mass is 17.7. The Morgan fingerprint density at radius 1 is 0.333 bits per heavy atom. The minimum Gasteiger partial charge on any atom is -0.432 e. The maximum Gasteiger partial charge on any atom is 0.542 e. The Morgan fingerprint density at radius 3 is 0.786 bits per heavy atom. The molecule has 0 saturated carbocycles. The van der Waals surface area contributed by atoms with Gasteiger partial charge >= 0.3 is 12.3 Å². The van der Waals surface area contributed by atoms with Gasteiger partial charge in [0.25, 0.3) is 0 Å². The molecule has 0 aliphatic carbocycles. The van der Waals surface area contributed by atoms with E-state index in [1.807, 2.05) is 0 Å². The van der Waals surface area contributed by atoms with E-state index < -0.39 is 12.3 Å². The van der Waals surface area contributed by atoms with Crippen molar-refractivity contribution < 1.29 is 38.9 Å². The molecule has 0 atom stereocenters. The van der Waals surface area contributed by atoms with Crippen LogP contribution in [0.4, 0.5) is 9.59 Å². The Labute approximate surface area is 258 Å². The van der Waals surface area contributed by atoms with Crippen molar-refractivity contribution in [1.29, 1.82) is 0 Å². The van der Waals surface area contributed by atoms with Crippen LogP contribution in [0.1, 0.15) is 194 Å². The van der Waals surface area contributed by atoms with E-state index in [0.717, 1.165) is 38.5 Å². The van der Waals surface area contributed by atoms with Crippen LogP contribution in [-0.4, -0.2) is 25.5 Å².